The van der Waals surface area contributed by atoms with E-state index in [9.17, 15) is 4.79 Å². The van der Waals surface area contributed by atoms with E-state index >= 15 is 0 Å². The Hall–Kier alpha value is -2.88. The molecule has 1 saturated heterocycles. The molecule has 1 amide bonds. The van der Waals surface area contributed by atoms with E-state index in [0.717, 1.165) is 65.7 Å². The molecule has 1 aliphatic rings. The number of amides is 1. The zero-order valence-electron chi connectivity index (χ0n) is 19.0. The highest BCUT2D eigenvalue weighted by Gasteiger charge is 2.22. The predicted octanol–water partition coefficient (Wildman–Crippen LogP) is 3.41. The number of fused-ring (bicyclic) bond motifs is 2. The Morgan fingerprint density at radius 1 is 1.12 bits per heavy atom. The fourth-order valence-electron chi connectivity index (χ4n) is 4.14. The number of aryl methyl sites for hydroxylation is 2. The fourth-order valence-corrected chi connectivity index (χ4v) is 5.22. The van der Waals surface area contributed by atoms with Crippen molar-refractivity contribution in [3.05, 3.63) is 47.5 Å². The van der Waals surface area contributed by atoms with E-state index in [1.54, 1.807) is 16.0 Å². The molecule has 0 N–H and O–H groups in total. The zero-order valence-corrected chi connectivity index (χ0v) is 19.8. The monoisotopic (exact) mass is 464 g/mol. The third kappa shape index (κ3) is 4.75. The molecule has 0 unspecified atom stereocenters. The summed E-state index contributed by atoms with van der Waals surface area (Å²) in [5.74, 6) is -0.0277. The van der Waals surface area contributed by atoms with Crippen LogP contribution in [-0.4, -0.2) is 70.2 Å². The molecule has 0 atom stereocenters. The van der Waals surface area contributed by atoms with Crippen LogP contribution in [0.4, 0.5) is 5.13 Å². The lowest BCUT2D eigenvalue weighted by atomic mass is 10.1. The maximum Gasteiger partial charge on any atom is 0.250 e. The van der Waals surface area contributed by atoms with Gasteiger partial charge >= 0.3 is 0 Å². The van der Waals surface area contributed by atoms with Crippen molar-refractivity contribution in [1.29, 1.82) is 0 Å². The van der Waals surface area contributed by atoms with Crippen molar-refractivity contribution in [2.24, 2.45) is 0 Å². The van der Waals surface area contributed by atoms with Crippen LogP contribution in [0.25, 0.3) is 21.3 Å². The van der Waals surface area contributed by atoms with Gasteiger partial charge in [0.2, 0.25) is 0 Å². The molecule has 8 nitrogen and oxygen atoms in total. The average Bonchev–Trinajstić information content (AvgIpc) is 3.41. The lowest BCUT2D eigenvalue weighted by Crippen LogP contribution is -2.40. The number of hydrogen-bond donors (Lipinski definition) is 0. The normalized spacial score (nSPS) is 14.8. The number of morpholine rings is 1. The van der Waals surface area contributed by atoms with Gasteiger partial charge in [0.25, 0.3) is 5.91 Å². The molecular weight excluding hydrogens is 436 g/mol. The number of carbonyl (C=O) groups excluding carboxylic acids is 1. The molecule has 2 aromatic heterocycles. The van der Waals surface area contributed by atoms with Gasteiger partial charge in [0.05, 0.1) is 28.9 Å². The number of thiazole rings is 1. The van der Waals surface area contributed by atoms with Crippen LogP contribution in [0.3, 0.4) is 0 Å². The maximum atomic E-state index is 13.5. The first-order valence-electron chi connectivity index (χ1n) is 11.3. The molecule has 3 heterocycles. The summed E-state index contributed by atoms with van der Waals surface area (Å²) < 4.78 is 8.23. The number of nitrogens with zero attached hydrogens (tertiary/aromatic N) is 6. The van der Waals surface area contributed by atoms with Crippen LogP contribution in [0.2, 0.25) is 0 Å². The molecule has 0 spiro atoms. The van der Waals surface area contributed by atoms with E-state index in [0.29, 0.717) is 6.54 Å². The van der Waals surface area contributed by atoms with Gasteiger partial charge < -0.3 is 4.74 Å². The van der Waals surface area contributed by atoms with Crippen LogP contribution in [-0.2, 0) is 16.1 Å². The SMILES string of the molecule is Cc1cc2nc(N(CCCN3CCOCC3)C(=O)Cn3nnc4ccccc43)sc2cc1C. The van der Waals surface area contributed by atoms with Crippen molar-refractivity contribution in [2.75, 3.05) is 44.3 Å². The number of para-hydroxylation sites is 1. The number of benzene rings is 2. The number of carbonyl (C=O) groups is 1. The van der Waals surface area contributed by atoms with Crippen molar-refractivity contribution in [2.45, 2.75) is 26.8 Å². The summed E-state index contributed by atoms with van der Waals surface area (Å²) in [6.45, 7) is 9.31. The molecule has 1 fully saturated rings. The fraction of sp³-hybridized carbons (Fsp3) is 0.417. The minimum Gasteiger partial charge on any atom is -0.379 e. The van der Waals surface area contributed by atoms with Crippen molar-refractivity contribution in [3.63, 3.8) is 0 Å². The molecule has 9 heteroatoms. The summed E-state index contributed by atoms with van der Waals surface area (Å²) in [6, 6.07) is 12.0. The Labute approximate surface area is 196 Å². The standard InChI is InChI=1S/C24H28N6O2S/c1-17-14-20-22(15-18(17)2)33-24(25-20)29(9-5-8-28-10-12-32-13-11-28)23(31)16-30-21-7-4-3-6-19(21)26-27-30/h3-4,6-7,14-15H,5,8-13,16H2,1-2H3. The van der Waals surface area contributed by atoms with Crippen LogP contribution >= 0.6 is 11.3 Å². The Kier molecular flexibility index (Phi) is 6.34. The van der Waals surface area contributed by atoms with Crippen molar-refractivity contribution in [1.82, 2.24) is 24.9 Å². The predicted molar refractivity (Wildman–Crippen MR) is 131 cm³/mol. The lowest BCUT2D eigenvalue weighted by molar-refractivity contribution is -0.119. The summed E-state index contributed by atoms with van der Waals surface area (Å²) in [7, 11) is 0. The number of aromatic nitrogens is 4. The maximum absolute atomic E-state index is 13.5. The van der Waals surface area contributed by atoms with E-state index < -0.39 is 0 Å². The number of anilines is 1. The van der Waals surface area contributed by atoms with Crippen molar-refractivity contribution >= 4 is 43.6 Å². The molecule has 5 rings (SSSR count). The largest absolute Gasteiger partial charge is 0.379 e. The van der Waals surface area contributed by atoms with Gasteiger partial charge in [0.1, 0.15) is 12.1 Å². The summed E-state index contributed by atoms with van der Waals surface area (Å²) >= 11 is 1.57. The summed E-state index contributed by atoms with van der Waals surface area (Å²) in [6.07, 6.45) is 0.873. The first kappa shape index (κ1) is 21.9. The summed E-state index contributed by atoms with van der Waals surface area (Å²) in [5, 5.41) is 9.15. The van der Waals surface area contributed by atoms with Crippen LogP contribution in [0.1, 0.15) is 17.5 Å². The van der Waals surface area contributed by atoms with Crippen molar-refractivity contribution < 1.29 is 9.53 Å². The lowest BCUT2D eigenvalue weighted by Gasteiger charge is -2.27. The van der Waals surface area contributed by atoms with E-state index in [1.807, 2.05) is 29.2 Å². The number of rotatable bonds is 7. The van der Waals surface area contributed by atoms with E-state index in [-0.39, 0.29) is 12.5 Å². The molecule has 4 aromatic rings. The van der Waals surface area contributed by atoms with Gasteiger partial charge in [-0.1, -0.05) is 28.7 Å². The molecular formula is C24H28N6O2S. The second-order valence-electron chi connectivity index (χ2n) is 8.49. The Bertz CT molecular complexity index is 1240. The molecule has 33 heavy (non-hydrogen) atoms. The molecule has 0 bridgehead atoms. The minimum absolute atomic E-state index is 0.0277. The van der Waals surface area contributed by atoms with Crippen LogP contribution in [0, 0.1) is 13.8 Å². The first-order valence-corrected chi connectivity index (χ1v) is 12.2. The van der Waals surface area contributed by atoms with E-state index in [1.165, 1.54) is 11.1 Å². The van der Waals surface area contributed by atoms with Gasteiger partial charge in [-0.05, 0) is 55.7 Å². The van der Waals surface area contributed by atoms with E-state index in [2.05, 4.69) is 41.2 Å². The quantitative estimate of drug-likeness (QED) is 0.417. The van der Waals surface area contributed by atoms with E-state index in [4.69, 9.17) is 9.72 Å². The average molecular weight is 465 g/mol. The molecule has 0 radical (unpaired) electrons. The third-order valence-corrected chi connectivity index (χ3v) is 7.23. The molecule has 0 saturated carbocycles. The highest BCUT2D eigenvalue weighted by molar-refractivity contribution is 7.22. The van der Waals surface area contributed by atoms with Gasteiger partial charge in [-0.25, -0.2) is 9.67 Å². The van der Waals surface area contributed by atoms with Gasteiger partial charge in [0.15, 0.2) is 5.13 Å². The zero-order chi connectivity index (χ0) is 22.8. The Morgan fingerprint density at radius 2 is 1.91 bits per heavy atom. The van der Waals surface area contributed by atoms with Gasteiger partial charge in [0, 0.05) is 26.2 Å². The minimum atomic E-state index is -0.0277. The van der Waals surface area contributed by atoms with Crippen LogP contribution in [0.5, 0.6) is 0 Å². The van der Waals surface area contributed by atoms with Crippen LogP contribution in [0.15, 0.2) is 36.4 Å². The second kappa shape index (κ2) is 9.54. The van der Waals surface area contributed by atoms with Gasteiger partial charge in [-0.3, -0.25) is 14.6 Å². The highest BCUT2D eigenvalue weighted by Crippen LogP contribution is 2.31. The molecule has 2 aromatic carbocycles. The van der Waals surface area contributed by atoms with Gasteiger partial charge in [-0.15, -0.1) is 5.10 Å². The van der Waals surface area contributed by atoms with Crippen molar-refractivity contribution in [3.8, 4) is 0 Å². The molecule has 0 aliphatic carbocycles. The Morgan fingerprint density at radius 3 is 2.76 bits per heavy atom. The first-order chi connectivity index (χ1) is 16.1. The topological polar surface area (TPSA) is 76.4 Å². The van der Waals surface area contributed by atoms with Crippen LogP contribution < -0.4 is 4.90 Å². The van der Waals surface area contributed by atoms with Gasteiger partial charge in [-0.2, -0.15) is 0 Å². The number of ether oxygens (including phenoxy) is 1. The summed E-state index contributed by atoms with van der Waals surface area (Å²) in [5.41, 5.74) is 5.02. The third-order valence-electron chi connectivity index (χ3n) is 6.19. The smallest absolute Gasteiger partial charge is 0.250 e. The molecule has 1 aliphatic heterocycles. The number of hydrogen-bond acceptors (Lipinski definition) is 7. The second-order valence-corrected chi connectivity index (χ2v) is 9.50. The Balaban J connectivity index is 1.39. The summed E-state index contributed by atoms with van der Waals surface area (Å²) in [4.78, 5) is 22.6. The highest BCUT2D eigenvalue weighted by atomic mass is 32.1. The molecule has 172 valence electrons.